The molecule has 2 rings (SSSR count). The Kier molecular flexibility index (Phi) is 7.21. The maximum Gasteiger partial charge on any atom is 0.356 e. The molecule has 0 spiro atoms. The molecular weight excluding hydrogens is 413 g/mol. The molecule has 0 unspecified atom stereocenters. The van der Waals surface area contributed by atoms with Crippen LogP contribution in [0.25, 0.3) is 11.1 Å². The van der Waals surface area contributed by atoms with Crippen LogP contribution in [0.3, 0.4) is 0 Å². The van der Waals surface area contributed by atoms with Crippen molar-refractivity contribution in [1.82, 2.24) is 4.98 Å². The van der Waals surface area contributed by atoms with Crippen LogP contribution >= 0.6 is 11.6 Å². The van der Waals surface area contributed by atoms with E-state index in [1.54, 1.807) is 40.7 Å². The average Bonchev–Trinajstić information content (AvgIpc) is 2.67. The van der Waals surface area contributed by atoms with Crippen LogP contribution in [-0.4, -0.2) is 36.7 Å². The zero-order valence-corrected chi connectivity index (χ0v) is 18.8. The van der Waals surface area contributed by atoms with Gasteiger partial charge in [0.1, 0.15) is 5.82 Å². The summed E-state index contributed by atoms with van der Waals surface area (Å²) < 4.78 is 30.1. The van der Waals surface area contributed by atoms with E-state index in [-0.39, 0.29) is 10.7 Å². The highest BCUT2D eigenvalue weighted by Gasteiger charge is 2.34. The lowest BCUT2D eigenvalue weighted by Crippen LogP contribution is -2.30. The first kappa shape index (κ1) is 23.8. The van der Waals surface area contributed by atoms with Crippen molar-refractivity contribution in [3.8, 4) is 11.1 Å². The maximum absolute atomic E-state index is 14.3. The van der Waals surface area contributed by atoms with E-state index in [1.807, 2.05) is 0 Å². The number of aromatic nitrogens is 1. The Bertz CT molecular complexity index is 984. The fourth-order valence-corrected chi connectivity index (χ4v) is 3.26. The third kappa shape index (κ3) is 4.96. The van der Waals surface area contributed by atoms with Gasteiger partial charge < -0.3 is 14.2 Å². The summed E-state index contributed by atoms with van der Waals surface area (Å²) in [4.78, 5) is 29.3. The zero-order valence-electron chi connectivity index (χ0n) is 18.1. The first-order valence-electron chi connectivity index (χ1n) is 9.21. The second kappa shape index (κ2) is 9.10. The second-order valence-electron chi connectivity index (χ2n) is 7.71. The molecule has 0 fully saturated rings. The number of rotatable bonds is 5. The summed E-state index contributed by atoms with van der Waals surface area (Å²) in [6.45, 7) is 8.67. The van der Waals surface area contributed by atoms with Crippen molar-refractivity contribution in [3.63, 3.8) is 0 Å². The van der Waals surface area contributed by atoms with Gasteiger partial charge in [-0.3, -0.25) is 0 Å². The zero-order chi connectivity index (χ0) is 22.8. The van der Waals surface area contributed by atoms with E-state index in [4.69, 9.17) is 25.8 Å². The molecule has 162 valence electrons. The van der Waals surface area contributed by atoms with Gasteiger partial charge in [-0.2, -0.15) is 0 Å². The average molecular weight is 438 g/mol. The summed E-state index contributed by atoms with van der Waals surface area (Å²) >= 11 is 5.85. The predicted octanol–water partition coefficient (Wildman–Crippen LogP) is 4.97. The molecule has 0 bridgehead atoms. The van der Waals surface area contributed by atoms with Crippen molar-refractivity contribution < 1.29 is 28.2 Å². The second-order valence-corrected chi connectivity index (χ2v) is 8.12. The molecule has 1 aromatic carbocycles. The lowest BCUT2D eigenvalue weighted by molar-refractivity contribution is -0.164. The van der Waals surface area contributed by atoms with Crippen LogP contribution in [0.15, 0.2) is 18.2 Å². The van der Waals surface area contributed by atoms with Gasteiger partial charge in [0.05, 0.1) is 24.8 Å². The Morgan fingerprint density at radius 3 is 2.27 bits per heavy atom. The molecule has 1 atom stereocenters. The normalized spacial score (nSPS) is 12.4. The molecule has 0 radical (unpaired) electrons. The summed E-state index contributed by atoms with van der Waals surface area (Å²) in [6.07, 6.45) is -1.15. The molecule has 0 aliphatic heterocycles. The van der Waals surface area contributed by atoms with Gasteiger partial charge in [0.2, 0.25) is 0 Å². The van der Waals surface area contributed by atoms with Gasteiger partial charge in [0.25, 0.3) is 0 Å². The van der Waals surface area contributed by atoms with Gasteiger partial charge in [-0.1, -0.05) is 17.7 Å². The van der Waals surface area contributed by atoms with E-state index in [0.717, 1.165) is 0 Å². The third-order valence-corrected chi connectivity index (χ3v) is 4.71. The Hall–Kier alpha value is -2.51. The minimum absolute atomic E-state index is 0.0487. The van der Waals surface area contributed by atoms with E-state index >= 15 is 0 Å². The topological polar surface area (TPSA) is 74.7 Å². The Morgan fingerprint density at radius 1 is 1.13 bits per heavy atom. The van der Waals surface area contributed by atoms with Gasteiger partial charge in [0, 0.05) is 11.3 Å². The van der Waals surface area contributed by atoms with Crippen molar-refractivity contribution in [2.24, 2.45) is 0 Å². The van der Waals surface area contributed by atoms with E-state index in [9.17, 15) is 14.0 Å². The molecule has 1 aromatic heterocycles. The van der Waals surface area contributed by atoms with Gasteiger partial charge in [0.15, 0.2) is 11.8 Å². The molecule has 0 aliphatic carbocycles. The lowest BCUT2D eigenvalue weighted by atomic mass is 9.89. The monoisotopic (exact) mass is 437 g/mol. The predicted molar refractivity (Wildman–Crippen MR) is 111 cm³/mol. The van der Waals surface area contributed by atoms with Crippen LogP contribution < -0.4 is 0 Å². The number of esters is 2. The van der Waals surface area contributed by atoms with Crippen LogP contribution in [0.4, 0.5) is 4.39 Å². The number of hydrogen-bond donors (Lipinski definition) is 0. The number of aryl methyl sites for hydroxylation is 1. The molecule has 0 saturated heterocycles. The van der Waals surface area contributed by atoms with Gasteiger partial charge in [-0.05, 0) is 63.4 Å². The van der Waals surface area contributed by atoms with Crippen LogP contribution in [0.2, 0.25) is 5.02 Å². The Labute approximate surface area is 180 Å². The fourth-order valence-electron chi connectivity index (χ4n) is 3.14. The molecule has 0 aliphatic rings. The van der Waals surface area contributed by atoms with E-state index in [1.165, 1.54) is 26.4 Å². The smallest absolute Gasteiger partial charge is 0.356 e. The number of hydrogen-bond acceptors (Lipinski definition) is 6. The third-order valence-electron chi connectivity index (χ3n) is 4.40. The van der Waals surface area contributed by atoms with E-state index in [2.05, 4.69) is 4.98 Å². The molecule has 2 aromatic rings. The highest BCUT2D eigenvalue weighted by Crippen LogP contribution is 2.39. The Morgan fingerprint density at radius 2 is 1.77 bits per heavy atom. The molecular formula is C22H25ClFNO5. The van der Waals surface area contributed by atoms with E-state index in [0.29, 0.717) is 27.9 Å². The number of ether oxygens (including phenoxy) is 3. The maximum atomic E-state index is 14.3. The first-order chi connectivity index (χ1) is 13.9. The van der Waals surface area contributed by atoms with Gasteiger partial charge in [-0.25, -0.2) is 19.0 Å². The minimum Gasteiger partial charge on any atom is -0.467 e. The molecule has 1 heterocycles. The number of carbonyl (C=O) groups excluding carboxylic acids is 2. The lowest BCUT2D eigenvalue weighted by Gasteiger charge is -2.29. The number of benzene rings is 1. The fraction of sp³-hybridized carbons (Fsp3) is 0.409. The molecule has 0 amide bonds. The summed E-state index contributed by atoms with van der Waals surface area (Å²) in [7, 11) is 2.50. The summed E-state index contributed by atoms with van der Waals surface area (Å²) in [6, 6.07) is 4.24. The van der Waals surface area contributed by atoms with Crippen LogP contribution in [0, 0.1) is 19.7 Å². The highest BCUT2D eigenvalue weighted by atomic mass is 35.5. The number of carbonyl (C=O) groups is 2. The largest absolute Gasteiger partial charge is 0.467 e. The summed E-state index contributed by atoms with van der Waals surface area (Å²) in [5, 5.41) is -0.0487. The summed E-state index contributed by atoms with van der Waals surface area (Å²) in [5.74, 6) is -1.93. The van der Waals surface area contributed by atoms with E-state index < -0.39 is 29.5 Å². The number of pyridine rings is 1. The standard InChI is InChI=1S/C22H25ClFNO5/c1-11-16(13-8-9-14(23)15(24)10-13)17(12(2)25-18(11)20(26)28-6)19(21(27)29-7)30-22(3,4)5/h8-10,19H,1-7H3/t19-/m0/s1. The van der Waals surface area contributed by atoms with Crippen LogP contribution in [0.5, 0.6) is 0 Å². The van der Waals surface area contributed by atoms with Crippen molar-refractivity contribution in [2.75, 3.05) is 14.2 Å². The summed E-state index contributed by atoms with van der Waals surface area (Å²) in [5.41, 5.74) is 1.33. The van der Waals surface area contributed by atoms with Crippen LogP contribution in [-0.2, 0) is 19.0 Å². The van der Waals surface area contributed by atoms with Crippen molar-refractivity contribution in [3.05, 3.63) is 51.6 Å². The molecule has 0 saturated carbocycles. The van der Waals surface area contributed by atoms with Gasteiger partial charge in [-0.15, -0.1) is 0 Å². The number of methoxy groups -OCH3 is 2. The molecule has 0 N–H and O–H groups in total. The number of nitrogens with zero attached hydrogens (tertiary/aromatic N) is 1. The first-order valence-corrected chi connectivity index (χ1v) is 9.59. The van der Waals surface area contributed by atoms with Crippen molar-refractivity contribution >= 4 is 23.5 Å². The van der Waals surface area contributed by atoms with Crippen molar-refractivity contribution in [1.29, 1.82) is 0 Å². The number of halogens is 2. The van der Waals surface area contributed by atoms with Gasteiger partial charge >= 0.3 is 11.9 Å². The molecule has 8 heteroatoms. The minimum atomic E-state index is -1.15. The molecule has 6 nitrogen and oxygen atoms in total. The van der Waals surface area contributed by atoms with Crippen molar-refractivity contribution in [2.45, 2.75) is 46.3 Å². The Balaban J connectivity index is 2.93. The quantitative estimate of drug-likeness (QED) is 0.614. The SMILES string of the molecule is COC(=O)c1nc(C)c([C@H](OC(C)(C)C)C(=O)OC)c(-c2ccc(Cl)c(F)c2)c1C. The molecule has 30 heavy (non-hydrogen) atoms. The van der Waals surface area contributed by atoms with Crippen LogP contribution in [0.1, 0.15) is 54.2 Å². The highest BCUT2D eigenvalue weighted by molar-refractivity contribution is 6.30.